The van der Waals surface area contributed by atoms with Crippen LogP contribution < -0.4 is 15.8 Å². The third kappa shape index (κ3) is 2.12. The third-order valence-electron chi connectivity index (χ3n) is 4.01. The highest BCUT2D eigenvalue weighted by molar-refractivity contribution is 7.21. The molecule has 4 nitrogen and oxygen atoms in total. The number of hydrogen-bond acceptors (Lipinski definition) is 4. The second-order valence-corrected chi connectivity index (χ2v) is 6.63. The van der Waals surface area contributed by atoms with Crippen LogP contribution >= 0.6 is 11.3 Å². The van der Waals surface area contributed by atoms with E-state index in [2.05, 4.69) is 12.2 Å². The number of anilines is 1. The normalized spacial score (nSPS) is 16.7. The Morgan fingerprint density at radius 1 is 1.45 bits per heavy atom. The first-order valence-corrected chi connectivity index (χ1v) is 7.53. The summed E-state index contributed by atoms with van der Waals surface area (Å²) in [5, 5.41) is 4.02. The van der Waals surface area contributed by atoms with Crippen LogP contribution in [0, 0.1) is 0 Å². The number of thiophene rings is 1. The second-order valence-electron chi connectivity index (χ2n) is 5.58. The monoisotopic (exact) mass is 290 g/mol. The number of nitrogens with one attached hydrogen (secondary N) is 1. The molecule has 1 saturated carbocycles. The maximum atomic E-state index is 12.4. The van der Waals surface area contributed by atoms with Gasteiger partial charge in [-0.2, -0.15) is 0 Å². The Balaban J connectivity index is 1.94. The summed E-state index contributed by atoms with van der Waals surface area (Å²) in [6.07, 6.45) is 3.25. The molecule has 5 heteroatoms. The van der Waals surface area contributed by atoms with Crippen LogP contribution in [-0.4, -0.2) is 18.6 Å². The Kier molecular flexibility index (Phi) is 3.09. The molecular weight excluding hydrogens is 272 g/mol. The lowest BCUT2D eigenvalue weighted by atomic mass is 9.78. The summed E-state index contributed by atoms with van der Waals surface area (Å²) in [7, 11) is 1.63. The van der Waals surface area contributed by atoms with E-state index in [1.807, 2.05) is 18.2 Å². The van der Waals surface area contributed by atoms with Gasteiger partial charge in [0.25, 0.3) is 5.91 Å². The first-order valence-electron chi connectivity index (χ1n) is 6.71. The predicted octanol–water partition coefficient (Wildman–Crippen LogP) is 3.16. The van der Waals surface area contributed by atoms with Gasteiger partial charge in [-0.15, -0.1) is 11.3 Å². The van der Waals surface area contributed by atoms with Gasteiger partial charge < -0.3 is 15.8 Å². The van der Waals surface area contributed by atoms with E-state index < -0.39 is 0 Å². The number of carbonyl (C=O) groups is 1. The van der Waals surface area contributed by atoms with E-state index in [1.165, 1.54) is 17.8 Å². The van der Waals surface area contributed by atoms with Crippen LogP contribution in [0.3, 0.4) is 0 Å². The van der Waals surface area contributed by atoms with Crippen LogP contribution in [0.1, 0.15) is 35.9 Å². The summed E-state index contributed by atoms with van der Waals surface area (Å²) >= 11 is 1.42. The van der Waals surface area contributed by atoms with Crippen molar-refractivity contribution in [1.82, 2.24) is 5.32 Å². The molecule has 1 heterocycles. The number of amides is 1. The van der Waals surface area contributed by atoms with Crippen molar-refractivity contribution in [2.24, 2.45) is 0 Å². The number of hydrogen-bond donors (Lipinski definition) is 2. The van der Waals surface area contributed by atoms with Crippen molar-refractivity contribution in [2.75, 3.05) is 12.8 Å². The number of ether oxygens (including phenoxy) is 1. The summed E-state index contributed by atoms with van der Waals surface area (Å²) in [5.74, 6) is 0.710. The second kappa shape index (κ2) is 4.66. The van der Waals surface area contributed by atoms with Crippen LogP contribution in [0.15, 0.2) is 18.2 Å². The molecule has 3 rings (SSSR count). The maximum Gasteiger partial charge on any atom is 0.263 e. The molecule has 106 valence electrons. The highest BCUT2D eigenvalue weighted by atomic mass is 32.1. The van der Waals surface area contributed by atoms with Crippen molar-refractivity contribution >= 4 is 33.0 Å². The average Bonchev–Trinajstić information content (AvgIpc) is 2.73. The lowest BCUT2D eigenvalue weighted by Gasteiger charge is -2.39. The highest BCUT2D eigenvalue weighted by Crippen LogP contribution is 2.37. The van der Waals surface area contributed by atoms with Crippen molar-refractivity contribution in [2.45, 2.75) is 31.7 Å². The van der Waals surface area contributed by atoms with Crippen LogP contribution in [0.25, 0.3) is 10.1 Å². The predicted molar refractivity (Wildman–Crippen MR) is 82.5 cm³/mol. The largest absolute Gasteiger partial charge is 0.497 e. The van der Waals surface area contributed by atoms with E-state index in [1.54, 1.807) is 7.11 Å². The van der Waals surface area contributed by atoms with Gasteiger partial charge in [-0.05, 0) is 44.4 Å². The number of benzene rings is 1. The van der Waals surface area contributed by atoms with Gasteiger partial charge in [-0.25, -0.2) is 0 Å². The highest BCUT2D eigenvalue weighted by Gasteiger charge is 2.34. The molecule has 0 aliphatic heterocycles. The zero-order valence-corrected chi connectivity index (χ0v) is 12.5. The number of rotatable bonds is 3. The standard InChI is InChI=1S/C15H18N2O2S/c1-15(6-3-7-15)17-14(18)13-12(16)10-5-4-9(19-2)8-11(10)20-13/h4-5,8H,3,6-7,16H2,1-2H3,(H,17,18). The molecule has 0 radical (unpaired) electrons. The van der Waals surface area contributed by atoms with Crippen LogP contribution in [0.4, 0.5) is 5.69 Å². The zero-order valence-electron chi connectivity index (χ0n) is 11.7. The fraction of sp³-hybridized carbons (Fsp3) is 0.400. The minimum Gasteiger partial charge on any atom is -0.497 e. The van der Waals surface area contributed by atoms with E-state index in [-0.39, 0.29) is 11.4 Å². The number of fused-ring (bicyclic) bond motifs is 1. The Morgan fingerprint density at radius 3 is 2.80 bits per heavy atom. The minimum absolute atomic E-state index is 0.0581. The van der Waals surface area contributed by atoms with Gasteiger partial charge in [0.15, 0.2) is 0 Å². The van der Waals surface area contributed by atoms with Gasteiger partial charge in [-0.1, -0.05) is 0 Å². The molecule has 0 bridgehead atoms. The Labute approximate surface area is 121 Å². The smallest absolute Gasteiger partial charge is 0.263 e. The zero-order chi connectivity index (χ0) is 14.3. The minimum atomic E-state index is -0.0649. The molecule has 0 atom stereocenters. The van der Waals surface area contributed by atoms with Gasteiger partial charge in [0.05, 0.1) is 12.8 Å². The summed E-state index contributed by atoms with van der Waals surface area (Å²) in [6, 6.07) is 5.68. The lowest BCUT2D eigenvalue weighted by Crippen LogP contribution is -2.50. The van der Waals surface area contributed by atoms with Gasteiger partial charge in [0.2, 0.25) is 0 Å². The molecule has 0 spiro atoms. The first kappa shape index (κ1) is 13.2. The lowest BCUT2D eigenvalue weighted by molar-refractivity contribution is 0.0855. The number of nitrogens with two attached hydrogens (primary N) is 1. The first-order chi connectivity index (χ1) is 9.52. The number of carbonyl (C=O) groups excluding carboxylic acids is 1. The molecule has 20 heavy (non-hydrogen) atoms. The van der Waals surface area contributed by atoms with E-state index >= 15 is 0 Å². The van der Waals surface area contributed by atoms with Crippen LogP contribution in [-0.2, 0) is 0 Å². The molecular formula is C15H18N2O2S. The Bertz CT molecular complexity index is 674. The van der Waals surface area contributed by atoms with Gasteiger partial charge in [0, 0.05) is 15.6 Å². The average molecular weight is 290 g/mol. The molecule has 3 N–H and O–H groups in total. The van der Waals surface area contributed by atoms with Crippen molar-refractivity contribution < 1.29 is 9.53 Å². The quantitative estimate of drug-likeness (QED) is 0.912. The number of methoxy groups -OCH3 is 1. The van der Waals surface area contributed by atoms with E-state index in [0.717, 1.165) is 28.7 Å². The van der Waals surface area contributed by atoms with E-state index in [0.29, 0.717) is 10.6 Å². The summed E-state index contributed by atoms with van der Waals surface area (Å²) in [5.41, 5.74) is 6.62. The maximum absolute atomic E-state index is 12.4. The Hall–Kier alpha value is -1.75. The number of nitrogen functional groups attached to an aromatic ring is 1. The van der Waals surface area contributed by atoms with Gasteiger partial charge in [-0.3, -0.25) is 4.79 Å². The molecule has 2 aromatic rings. The molecule has 0 saturated heterocycles. The molecule has 1 aliphatic carbocycles. The molecule has 1 aromatic carbocycles. The topological polar surface area (TPSA) is 64.3 Å². The molecule has 1 amide bonds. The third-order valence-corrected chi connectivity index (χ3v) is 5.18. The summed E-state index contributed by atoms with van der Waals surface area (Å²) in [6.45, 7) is 2.08. The summed E-state index contributed by atoms with van der Waals surface area (Å²) < 4.78 is 6.18. The van der Waals surface area contributed by atoms with Crippen molar-refractivity contribution in [3.05, 3.63) is 23.1 Å². The van der Waals surface area contributed by atoms with E-state index in [9.17, 15) is 4.79 Å². The summed E-state index contributed by atoms with van der Waals surface area (Å²) in [4.78, 5) is 13.0. The van der Waals surface area contributed by atoms with Crippen molar-refractivity contribution in [3.63, 3.8) is 0 Å². The van der Waals surface area contributed by atoms with Crippen LogP contribution in [0.5, 0.6) is 5.75 Å². The van der Waals surface area contributed by atoms with E-state index in [4.69, 9.17) is 10.5 Å². The molecule has 1 aromatic heterocycles. The fourth-order valence-electron chi connectivity index (χ4n) is 2.56. The molecule has 1 fully saturated rings. The molecule has 1 aliphatic rings. The Morgan fingerprint density at radius 2 is 2.20 bits per heavy atom. The van der Waals surface area contributed by atoms with Crippen molar-refractivity contribution in [3.8, 4) is 5.75 Å². The van der Waals surface area contributed by atoms with Crippen molar-refractivity contribution in [1.29, 1.82) is 0 Å². The fourth-order valence-corrected chi connectivity index (χ4v) is 3.60. The SMILES string of the molecule is COc1ccc2c(N)c(C(=O)NC3(C)CCC3)sc2c1. The van der Waals surface area contributed by atoms with Gasteiger partial charge in [0.1, 0.15) is 10.6 Å². The van der Waals surface area contributed by atoms with Crippen LogP contribution in [0.2, 0.25) is 0 Å². The molecule has 0 unspecified atom stereocenters. The van der Waals surface area contributed by atoms with Gasteiger partial charge >= 0.3 is 0 Å².